The lowest BCUT2D eigenvalue weighted by Gasteiger charge is -2.14. The predicted octanol–water partition coefficient (Wildman–Crippen LogP) is 5.25. The fourth-order valence-electron chi connectivity index (χ4n) is 2.87. The summed E-state index contributed by atoms with van der Waals surface area (Å²) < 4.78 is 17.4. The number of hydrogen-bond donors (Lipinski definition) is 1. The third-order valence-corrected chi connectivity index (χ3v) is 4.25. The van der Waals surface area contributed by atoms with E-state index in [1.807, 2.05) is 60.7 Å². The number of hydrogen-bond acceptors (Lipinski definition) is 4. The molecule has 0 unspecified atom stereocenters. The Balaban J connectivity index is 1.43. The second-order valence-electron chi connectivity index (χ2n) is 6.55. The number of ether oxygens (including phenoxy) is 3. The van der Waals surface area contributed by atoms with E-state index in [0.29, 0.717) is 26.4 Å². The van der Waals surface area contributed by atoms with Crippen molar-refractivity contribution in [3.05, 3.63) is 83.9 Å². The fraction of sp³-hybridized carbons (Fsp3) is 0.250. The summed E-state index contributed by atoms with van der Waals surface area (Å²) in [4.78, 5) is 0. The first kappa shape index (κ1) is 19.6. The zero-order valence-electron chi connectivity index (χ0n) is 16.5. The molecule has 0 fully saturated rings. The van der Waals surface area contributed by atoms with Crippen molar-refractivity contribution in [3.8, 4) is 17.2 Å². The third kappa shape index (κ3) is 5.95. The second-order valence-corrected chi connectivity index (χ2v) is 6.55. The fourth-order valence-corrected chi connectivity index (χ4v) is 2.87. The molecule has 0 heterocycles. The summed E-state index contributed by atoms with van der Waals surface area (Å²) in [6.07, 6.45) is 0. The smallest absolute Gasteiger partial charge is 0.142 e. The highest BCUT2D eigenvalue weighted by atomic mass is 16.5. The highest BCUT2D eigenvalue weighted by Gasteiger charge is 2.04. The van der Waals surface area contributed by atoms with Crippen molar-refractivity contribution < 1.29 is 14.2 Å². The first-order valence-corrected chi connectivity index (χ1v) is 9.56. The minimum absolute atomic E-state index is 0.479. The van der Waals surface area contributed by atoms with Crippen LogP contribution < -0.4 is 19.5 Å². The van der Waals surface area contributed by atoms with E-state index in [9.17, 15) is 0 Å². The Labute approximate surface area is 167 Å². The van der Waals surface area contributed by atoms with E-state index in [1.165, 1.54) is 5.56 Å². The van der Waals surface area contributed by atoms with Gasteiger partial charge in [-0.15, -0.1) is 0 Å². The van der Waals surface area contributed by atoms with Gasteiger partial charge in [0.1, 0.15) is 37.1 Å². The van der Waals surface area contributed by atoms with Gasteiger partial charge in [-0.05, 0) is 49.7 Å². The SMILES string of the molecule is Cc1ccc(OCCNc2ccccc2OCCOc2ccccc2)c(C)c1. The van der Waals surface area contributed by atoms with Crippen LogP contribution in [0.25, 0.3) is 0 Å². The molecule has 0 aliphatic rings. The van der Waals surface area contributed by atoms with Gasteiger partial charge in [0.05, 0.1) is 5.69 Å². The molecular weight excluding hydrogens is 350 g/mol. The molecule has 0 amide bonds. The quantitative estimate of drug-likeness (QED) is 0.490. The molecule has 0 atom stereocenters. The first-order valence-electron chi connectivity index (χ1n) is 9.56. The maximum absolute atomic E-state index is 5.88. The molecule has 28 heavy (non-hydrogen) atoms. The van der Waals surface area contributed by atoms with E-state index in [1.54, 1.807) is 0 Å². The van der Waals surface area contributed by atoms with Crippen LogP contribution >= 0.6 is 0 Å². The maximum atomic E-state index is 5.88. The van der Waals surface area contributed by atoms with Crippen LogP contribution in [0.3, 0.4) is 0 Å². The van der Waals surface area contributed by atoms with E-state index >= 15 is 0 Å². The van der Waals surface area contributed by atoms with Gasteiger partial charge in [0.15, 0.2) is 0 Å². The Hall–Kier alpha value is -3.14. The normalized spacial score (nSPS) is 10.4. The van der Waals surface area contributed by atoms with Crippen molar-refractivity contribution in [2.24, 2.45) is 0 Å². The summed E-state index contributed by atoms with van der Waals surface area (Å²) in [7, 11) is 0. The summed E-state index contributed by atoms with van der Waals surface area (Å²) in [5.41, 5.74) is 3.35. The second kappa shape index (κ2) is 10.3. The van der Waals surface area contributed by atoms with Crippen LogP contribution in [-0.4, -0.2) is 26.4 Å². The first-order chi connectivity index (χ1) is 13.7. The van der Waals surface area contributed by atoms with Crippen molar-refractivity contribution in [3.63, 3.8) is 0 Å². The van der Waals surface area contributed by atoms with Crippen LogP contribution in [0.5, 0.6) is 17.2 Å². The zero-order chi connectivity index (χ0) is 19.6. The standard InChI is InChI=1S/C24H27NO3/c1-19-12-13-23(20(2)18-19)27-15-14-25-22-10-6-7-11-24(22)28-17-16-26-21-8-4-3-5-9-21/h3-13,18,25H,14-17H2,1-2H3. The van der Waals surface area contributed by atoms with Gasteiger partial charge in [-0.3, -0.25) is 0 Å². The Morgan fingerprint density at radius 1 is 0.679 bits per heavy atom. The summed E-state index contributed by atoms with van der Waals surface area (Å²) in [5.74, 6) is 2.58. The summed E-state index contributed by atoms with van der Waals surface area (Å²) in [6, 6.07) is 23.9. The number of benzene rings is 3. The number of para-hydroxylation sites is 3. The minimum Gasteiger partial charge on any atom is -0.491 e. The Kier molecular flexibility index (Phi) is 7.19. The van der Waals surface area contributed by atoms with Crippen molar-refractivity contribution in [1.82, 2.24) is 0 Å². The van der Waals surface area contributed by atoms with Gasteiger partial charge >= 0.3 is 0 Å². The largest absolute Gasteiger partial charge is 0.491 e. The Morgan fingerprint density at radius 2 is 1.39 bits per heavy atom. The van der Waals surface area contributed by atoms with Gasteiger partial charge < -0.3 is 19.5 Å². The lowest BCUT2D eigenvalue weighted by Crippen LogP contribution is -2.14. The van der Waals surface area contributed by atoms with Gasteiger partial charge in [0.2, 0.25) is 0 Å². The van der Waals surface area contributed by atoms with Crippen LogP contribution in [0, 0.1) is 13.8 Å². The lowest BCUT2D eigenvalue weighted by atomic mass is 10.1. The van der Waals surface area contributed by atoms with Crippen molar-refractivity contribution >= 4 is 5.69 Å². The summed E-state index contributed by atoms with van der Waals surface area (Å²) in [5, 5.41) is 3.38. The Bertz CT molecular complexity index is 865. The van der Waals surface area contributed by atoms with Crippen molar-refractivity contribution in [1.29, 1.82) is 0 Å². The highest BCUT2D eigenvalue weighted by Crippen LogP contribution is 2.24. The molecule has 3 rings (SSSR count). The maximum Gasteiger partial charge on any atom is 0.142 e. The summed E-state index contributed by atoms with van der Waals surface area (Å²) >= 11 is 0. The van der Waals surface area contributed by atoms with Crippen LogP contribution in [0.2, 0.25) is 0 Å². The molecule has 0 aliphatic heterocycles. The molecule has 0 spiro atoms. The molecule has 146 valence electrons. The molecule has 3 aromatic rings. The van der Waals surface area contributed by atoms with Crippen LogP contribution in [0.1, 0.15) is 11.1 Å². The minimum atomic E-state index is 0.479. The molecule has 3 aromatic carbocycles. The average molecular weight is 377 g/mol. The van der Waals surface area contributed by atoms with Gasteiger partial charge in [0, 0.05) is 6.54 Å². The number of anilines is 1. The third-order valence-electron chi connectivity index (χ3n) is 4.25. The molecule has 4 nitrogen and oxygen atoms in total. The van der Waals surface area contributed by atoms with E-state index < -0.39 is 0 Å². The molecule has 1 N–H and O–H groups in total. The topological polar surface area (TPSA) is 39.7 Å². The van der Waals surface area contributed by atoms with E-state index in [0.717, 1.165) is 28.5 Å². The van der Waals surface area contributed by atoms with E-state index in [2.05, 4.69) is 31.3 Å². The molecule has 4 heteroatoms. The lowest BCUT2D eigenvalue weighted by molar-refractivity contribution is 0.217. The van der Waals surface area contributed by atoms with E-state index in [4.69, 9.17) is 14.2 Å². The van der Waals surface area contributed by atoms with Crippen LogP contribution in [0.15, 0.2) is 72.8 Å². The number of nitrogens with one attached hydrogen (secondary N) is 1. The average Bonchev–Trinajstić information content (AvgIpc) is 2.71. The van der Waals surface area contributed by atoms with Gasteiger partial charge in [-0.2, -0.15) is 0 Å². The monoisotopic (exact) mass is 377 g/mol. The molecule has 0 aliphatic carbocycles. The van der Waals surface area contributed by atoms with Crippen molar-refractivity contribution in [2.45, 2.75) is 13.8 Å². The van der Waals surface area contributed by atoms with Crippen molar-refractivity contribution in [2.75, 3.05) is 31.7 Å². The molecule has 0 saturated heterocycles. The molecular formula is C24H27NO3. The molecule has 0 aromatic heterocycles. The molecule has 0 bridgehead atoms. The molecule has 0 radical (unpaired) electrons. The van der Waals surface area contributed by atoms with Crippen LogP contribution in [-0.2, 0) is 0 Å². The van der Waals surface area contributed by atoms with Gasteiger partial charge in [-0.25, -0.2) is 0 Å². The number of rotatable bonds is 10. The van der Waals surface area contributed by atoms with Gasteiger partial charge in [-0.1, -0.05) is 48.0 Å². The Morgan fingerprint density at radius 3 is 2.21 bits per heavy atom. The van der Waals surface area contributed by atoms with Crippen LogP contribution in [0.4, 0.5) is 5.69 Å². The predicted molar refractivity (Wildman–Crippen MR) is 114 cm³/mol. The number of aryl methyl sites for hydroxylation is 2. The van der Waals surface area contributed by atoms with Gasteiger partial charge in [0.25, 0.3) is 0 Å². The molecule has 0 saturated carbocycles. The van der Waals surface area contributed by atoms with E-state index in [-0.39, 0.29) is 0 Å². The highest BCUT2D eigenvalue weighted by molar-refractivity contribution is 5.56. The zero-order valence-corrected chi connectivity index (χ0v) is 16.5. The summed E-state index contributed by atoms with van der Waals surface area (Å²) in [6.45, 7) is 6.39.